The van der Waals surface area contributed by atoms with Crippen molar-refractivity contribution < 1.29 is 4.74 Å². The lowest BCUT2D eigenvalue weighted by Gasteiger charge is -2.26. The quantitative estimate of drug-likeness (QED) is 0.835. The monoisotopic (exact) mass is 283 g/mol. The van der Waals surface area contributed by atoms with Gasteiger partial charge in [0.2, 0.25) is 0 Å². The zero-order chi connectivity index (χ0) is 13.5. The molecule has 5 heteroatoms. The number of nitrogens with one attached hydrogen (secondary N) is 1. The fraction of sp³-hybridized carbons (Fsp3) is 0.786. The number of thiazole rings is 1. The second-order valence-corrected chi connectivity index (χ2v) is 6.43. The van der Waals surface area contributed by atoms with Gasteiger partial charge in [-0.15, -0.1) is 11.3 Å². The molecule has 0 amide bonds. The Labute approximate surface area is 120 Å². The van der Waals surface area contributed by atoms with E-state index in [1.165, 1.54) is 24.3 Å². The van der Waals surface area contributed by atoms with Crippen molar-refractivity contribution >= 4 is 16.5 Å². The summed E-state index contributed by atoms with van der Waals surface area (Å²) in [4.78, 5) is 8.17. The van der Waals surface area contributed by atoms with E-state index in [2.05, 4.69) is 29.2 Å². The molecule has 2 rings (SSSR count). The topological polar surface area (TPSA) is 37.4 Å². The normalized spacial score (nSPS) is 17.0. The largest absolute Gasteiger partial charge is 0.381 e. The number of hydrogen-bond donors (Lipinski definition) is 1. The van der Waals surface area contributed by atoms with Gasteiger partial charge in [0.1, 0.15) is 0 Å². The average molecular weight is 283 g/mol. The van der Waals surface area contributed by atoms with Gasteiger partial charge in [-0.3, -0.25) is 0 Å². The van der Waals surface area contributed by atoms with Crippen molar-refractivity contribution in [1.82, 2.24) is 9.88 Å². The Hall–Kier alpha value is -0.650. The minimum Gasteiger partial charge on any atom is -0.381 e. The third kappa shape index (κ3) is 5.09. The molecule has 0 aliphatic carbocycles. The lowest BCUT2D eigenvalue weighted by molar-refractivity contribution is 0.0550. The van der Waals surface area contributed by atoms with E-state index in [-0.39, 0.29) is 0 Å². The van der Waals surface area contributed by atoms with Crippen LogP contribution in [0.3, 0.4) is 0 Å². The van der Waals surface area contributed by atoms with Crippen LogP contribution in [0.2, 0.25) is 0 Å². The van der Waals surface area contributed by atoms with Crippen LogP contribution in [0.1, 0.15) is 31.1 Å². The highest BCUT2D eigenvalue weighted by atomic mass is 32.1. The Morgan fingerprint density at radius 2 is 2.26 bits per heavy atom. The van der Waals surface area contributed by atoms with E-state index in [9.17, 15) is 0 Å². The standard InChI is InChI=1S/C14H25N3OS/c1-3-6-15-14-16-9-13(19-14)11-17(2)10-12-4-7-18-8-5-12/h9,12H,3-8,10-11H2,1-2H3,(H,15,16). The molecule has 0 atom stereocenters. The van der Waals surface area contributed by atoms with Gasteiger partial charge < -0.3 is 15.0 Å². The Morgan fingerprint density at radius 3 is 3.00 bits per heavy atom. The van der Waals surface area contributed by atoms with Gasteiger partial charge in [-0.25, -0.2) is 4.98 Å². The summed E-state index contributed by atoms with van der Waals surface area (Å²) in [5.41, 5.74) is 0. The predicted octanol–water partition coefficient (Wildman–Crippen LogP) is 2.82. The summed E-state index contributed by atoms with van der Waals surface area (Å²) in [6.45, 7) is 7.21. The third-order valence-electron chi connectivity index (χ3n) is 3.42. The van der Waals surface area contributed by atoms with E-state index >= 15 is 0 Å². The molecule has 0 spiro atoms. The maximum absolute atomic E-state index is 5.41. The van der Waals surface area contributed by atoms with Crippen molar-refractivity contribution in [3.8, 4) is 0 Å². The van der Waals surface area contributed by atoms with E-state index in [0.29, 0.717) is 0 Å². The van der Waals surface area contributed by atoms with Gasteiger partial charge in [-0.2, -0.15) is 0 Å². The van der Waals surface area contributed by atoms with Gasteiger partial charge in [-0.05, 0) is 32.2 Å². The second-order valence-electron chi connectivity index (χ2n) is 5.31. The minimum atomic E-state index is 0.796. The van der Waals surface area contributed by atoms with Crippen LogP contribution < -0.4 is 5.32 Å². The molecule has 2 heterocycles. The fourth-order valence-corrected chi connectivity index (χ4v) is 3.31. The van der Waals surface area contributed by atoms with Crippen LogP contribution in [0.25, 0.3) is 0 Å². The minimum absolute atomic E-state index is 0.796. The number of hydrogen-bond acceptors (Lipinski definition) is 5. The van der Waals surface area contributed by atoms with Gasteiger partial charge >= 0.3 is 0 Å². The van der Waals surface area contributed by atoms with E-state index in [0.717, 1.165) is 43.8 Å². The van der Waals surface area contributed by atoms with Crippen molar-refractivity contribution in [3.63, 3.8) is 0 Å². The first-order valence-electron chi connectivity index (χ1n) is 7.22. The molecule has 1 fully saturated rings. The molecule has 1 N–H and O–H groups in total. The summed E-state index contributed by atoms with van der Waals surface area (Å²) in [6.07, 6.45) is 5.55. The maximum atomic E-state index is 5.41. The Morgan fingerprint density at radius 1 is 1.47 bits per heavy atom. The highest BCUT2D eigenvalue weighted by Crippen LogP contribution is 2.21. The molecule has 0 unspecified atom stereocenters. The maximum Gasteiger partial charge on any atom is 0.182 e. The average Bonchev–Trinajstić information content (AvgIpc) is 2.85. The summed E-state index contributed by atoms with van der Waals surface area (Å²) in [6, 6.07) is 0. The first kappa shape index (κ1) is 14.8. The molecule has 0 saturated carbocycles. The summed E-state index contributed by atoms with van der Waals surface area (Å²) >= 11 is 1.77. The number of ether oxygens (including phenoxy) is 1. The summed E-state index contributed by atoms with van der Waals surface area (Å²) in [5.74, 6) is 0.796. The molecule has 0 radical (unpaired) electrons. The van der Waals surface area contributed by atoms with Crippen LogP contribution in [-0.2, 0) is 11.3 Å². The van der Waals surface area contributed by atoms with Gasteiger partial charge in [0.25, 0.3) is 0 Å². The number of rotatable bonds is 7. The molecule has 1 aliphatic heterocycles. The molecule has 1 aliphatic rings. The summed E-state index contributed by atoms with van der Waals surface area (Å²) in [7, 11) is 2.20. The highest BCUT2D eigenvalue weighted by Gasteiger charge is 2.16. The molecule has 19 heavy (non-hydrogen) atoms. The van der Waals surface area contributed by atoms with Crippen LogP contribution in [0.4, 0.5) is 5.13 Å². The molecule has 4 nitrogen and oxygen atoms in total. The molecular formula is C14H25N3OS. The van der Waals surface area contributed by atoms with Crippen molar-refractivity contribution in [2.45, 2.75) is 32.7 Å². The van der Waals surface area contributed by atoms with E-state index in [1.807, 2.05) is 6.20 Å². The number of anilines is 1. The predicted molar refractivity (Wildman–Crippen MR) is 80.8 cm³/mol. The zero-order valence-electron chi connectivity index (χ0n) is 12.0. The van der Waals surface area contributed by atoms with Gasteiger partial charge in [-0.1, -0.05) is 6.92 Å². The van der Waals surface area contributed by atoms with Crippen LogP contribution in [0.15, 0.2) is 6.20 Å². The first-order chi connectivity index (χ1) is 9.28. The van der Waals surface area contributed by atoms with Crippen LogP contribution in [0, 0.1) is 5.92 Å². The Bertz CT molecular complexity index is 363. The van der Waals surface area contributed by atoms with E-state index in [1.54, 1.807) is 11.3 Å². The van der Waals surface area contributed by atoms with Gasteiger partial charge in [0.15, 0.2) is 5.13 Å². The SMILES string of the molecule is CCCNc1ncc(CN(C)CC2CCOCC2)s1. The first-order valence-corrected chi connectivity index (χ1v) is 8.04. The molecule has 1 aromatic rings. The summed E-state index contributed by atoms with van der Waals surface area (Å²) in [5, 5.41) is 4.39. The van der Waals surface area contributed by atoms with Crippen molar-refractivity contribution in [2.75, 3.05) is 38.7 Å². The number of nitrogens with zero attached hydrogens (tertiary/aromatic N) is 2. The molecule has 108 valence electrons. The Kier molecular flexibility index (Phi) is 6.07. The lowest BCUT2D eigenvalue weighted by atomic mass is 10.00. The van der Waals surface area contributed by atoms with Gasteiger partial charge in [0.05, 0.1) is 0 Å². The third-order valence-corrected chi connectivity index (χ3v) is 4.36. The van der Waals surface area contributed by atoms with Crippen LogP contribution in [0.5, 0.6) is 0 Å². The fourth-order valence-electron chi connectivity index (χ4n) is 2.39. The molecule has 1 saturated heterocycles. The molecular weight excluding hydrogens is 258 g/mol. The van der Waals surface area contributed by atoms with Crippen molar-refractivity contribution in [1.29, 1.82) is 0 Å². The van der Waals surface area contributed by atoms with E-state index in [4.69, 9.17) is 4.74 Å². The smallest absolute Gasteiger partial charge is 0.182 e. The lowest BCUT2D eigenvalue weighted by Crippen LogP contribution is -2.29. The second kappa shape index (κ2) is 7.82. The molecule has 0 aromatic carbocycles. The van der Waals surface area contributed by atoms with E-state index < -0.39 is 0 Å². The van der Waals surface area contributed by atoms with Gasteiger partial charge in [0, 0.05) is 43.9 Å². The van der Waals surface area contributed by atoms with Crippen LogP contribution in [-0.4, -0.2) is 43.2 Å². The zero-order valence-corrected chi connectivity index (χ0v) is 12.8. The van der Waals surface area contributed by atoms with Crippen molar-refractivity contribution in [2.24, 2.45) is 5.92 Å². The Balaban J connectivity index is 1.74. The molecule has 1 aromatic heterocycles. The summed E-state index contributed by atoms with van der Waals surface area (Å²) < 4.78 is 5.41. The van der Waals surface area contributed by atoms with Crippen molar-refractivity contribution in [3.05, 3.63) is 11.1 Å². The highest BCUT2D eigenvalue weighted by molar-refractivity contribution is 7.15. The van der Waals surface area contributed by atoms with Crippen LogP contribution >= 0.6 is 11.3 Å². The number of aromatic nitrogens is 1. The molecule has 0 bridgehead atoms.